The number of hydrogen-bond acceptors (Lipinski definition) is 4. The number of carbonyl (C=O) groups excluding carboxylic acids is 1. The van der Waals surface area contributed by atoms with Crippen LogP contribution in [0.3, 0.4) is 0 Å². The van der Waals surface area contributed by atoms with Crippen LogP contribution in [0.1, 0.15) is 15.9 Å². The molecule has 2 aromatic carbocycles. The van der Waals surface area contributed by atoms with Gasteiger partial charge in [0.05, 0.1) is 27.4 Å². The van der Waals surface area contributed by atoms with E-state index >= 15 is 0 Å². The van der Waals surface area contributed by atoms with Crippen LogP contribution in [0.5, 0.6) is 5.75 Å². The van der Waals surface area contributed by atoms with Crippen molar-refractivity contribution in [1.82, 2.24) is 4.98 Å². The van der Waals surface area contributed by atoms with Crippen LogP contribution >= 0.6 is 46.1 Å². The van der Waals surface area contributed by atoms with Gasteiger partial charge in [-0.15, -0.1) is 0 Å². The lowest BCUT2D eigenvalue weighted by Crippen LogP contribution is -2.11. The second-order valence-corrected chi connectivity index (χ2v) is 7.27. The van der Waals surface area contributed by atoms with Crippen LogP contribution in [-0.4, -0.2) is 18.0 Å². The molecule has 0 spiro atoms. The van der Waals surface area contributed by atoms with Gasteiger partial charge in [0, 0.05) is 10.6 Å². The first-order chi connectivity index (χ1) is 11.4. The van der Waals surface area contributed by atoms with Gasteiger partial charge in [0.25, 0.3) is 5.91 Å². The molecule has 3 rings (SSSR count). The number of halogens is 3. The quantitative estimate of drug-likeness (QED) is 0.601. The molecule has 4 nitrogen and oxygen atoms in total. The van der Waals surface area contributed by atoms with Crippen LogP contribution in [0.25, 0.3) is 10.2 Å². The largest absolute Gasteiger partial charge is 0.494 e. The second kappa shape index (κ2) is 6.76. The molecule has 124 valence electrons. The highest BCUT2D eigenvalue weighted by atomic mass is 35.5. The fourth-order valence-electron chi connectivity index (χ4n) is 2.16. The molecule has 0 aliphatic rings. The van der Waals surface area contributed by atoms with Crippen molar-refractivity contribution in [2.24, 2.45) is 0 Å². The SMILES string of the molecule is COc1c(Cl)cc(C(=O)Nc2nc3cc(Cl)c(C)cc3s2)cc1Cl. The predicted octanol–water partition coefficient (Wildman–Crippen LogP) is 5.83. The number of benzene rings is 2. The van der Waals surface area contributed by atoms with Crippen LogP contribution in [0.4, 0.5) is 5.13 Å². The Balaban J connectivity index is 1.90. The summed E-state index contributed by atoms with van der Waals surface area (Å²) < 4.78 is 6.02. The number of anilines is 1. The molecule has 0 saturated heterocycles. The molecule has 3 aromatic rings. The van der Waals surface area contributed by atoms with Crippen molar-refractivity contribution in [2.75, 3.05) is 12.4 Å². The van der Waals surface area contributed by atoms with Crippen molar-refractivity contribution >= 4 is 67.4 Å². The van der Waals surface area contributed by atoms with Gasteiger partial charge in [-0.05, 0) is 36.8 Å². The molecule has 0 aliphatic carbocycles. The number of nitrogens with zero attached hydrogens (tertiary/aromatic N) is 1. The molecule has 1 aromatic heterocycles. The van der Waals surface area contributed by atoms with E-state index in [1.807, 2.05) is 13.0 Å². The van der Waals surface area contributed by atoms with E-state index in [0.717, 1.165) is 15.8 Å². The number of thiazole rings is 1. The molecule has 8 heteroatoms. The van der Waals surface area contributed by atoms with Crippen LogP contribution in [0, 0.1) is 6.92 Å². The van der Waals surface area contributed by atoms with Crippen molar-refractivity contribution in [3.8, 4) is 5.75 Å². The number of aryl methyl sites for hydroxylation is 1. The summed E-state index contributed by atoms with van der Waals surface area (Å²) in [5.74, 6) is -0.0247. The number of nitrogens with one attached hydrogen (secondary N) is 1. The highest BCUT2D eigenvalue weighted by molar-refractivity contribution is 7.22. The third-order valence-electron chi connectivity index (χ3n) is 3.35. The molecule has 0 radical (unpaired) electrons. The number of amides is 1. The Morgan fingerprint density at radius 2 is 1.79 bits per heavy atom. The van der Waals surface area contributed by atoms with Crippen molar-refractivity contribution in [3.05, 3.63) is 50.5 Å². The molecule has 24 heavy (non-hydrogen) atoms. The number of fused-ring (bicyclic) bond motifs is 1. The van der Waals surface area contributed by atoms with Gasteiger partial charge in [-0.2, -0.15) is 0 Å². The van der Waals surface area contributed by atoms with Gasteiger partial charge in [-0.25, -0.2) is 4.98 Å². The molecule has 0 unspecified atom stereocenters. The van der Waals surface area contributed by atoms with Crippen LogP contribution in [0.2, 0.25) is 15.1 Å². The van der Waals surface area contributed by atoms with Crippen molar-refractivity contribution < 1.29 is 9.53 Å². The number of ether oxygens (including phenoxy) is 1. The summed E-state index contributed by atoms with van der Waals surface area (Å²) >= 11 is 19.6. The van der Waals surface area contributed by atoms with Gasteiger partial charge in [-0.1, -0.05) is 46.1 Å². The van der Waals surface area contributed by atoms with E-state index in [2.05, 4.69) is 10.3 Å². The van der Waals surface area contributed by atoms with Crippen molar-refractivity contribution in [3.63, 3.8) is 0 Å². The minimum Gasteiger partial charge on any atom is -0.494 e. The first-order valence-electron chi connectivity index (χ1n) is 6.80. The molecule has 0 aliphatic heterocycles. The highest BCUT2D eigenvalue weighted by Gasteiger charge is 2.15. The Bertz CT molecular complexity index is 894. The van der Waals surface area contributed by atoms with Crippen molar-refractivity contribution in [2.45, 2.75) is 6.92 Å². The maximum Gasteiger partial charge on any atom is 0.257 e. The van der Waals surface area contributed by atoms with Gasteiger partial charge >= 0.3 is 0 Å². The Morgan fingerprint density at radius 1 is 1.12 bits per heavy atom. The van der Waals surface area contributed by atoms with E-state index < -0.39 is 0 Å². The smallest absolute Gasteiger partial charge is 0.257 e. The molecule has 0 atom stereocenters. The number of methoxy groups -OCH3 is 1. The van der Waals surface area contributed by atoms with Gasteiger partial charge in [-0.3, -0.25) is 10.1 Å². The van der Waals surface area contributed by atoms with Gasteiger partial charge in [0.15, 0.2) is 10.9 Å². The summed E-state index contributed by atoms with van der Waals surface area (Å²) in [4.78, 5) is 16.8. The van der Waals surface area contributed by atoms with Gasteiger partial charge in [0.2, 0.25) is 0 Å². The Hall–Kier alpha value is -1.53. The standard InChI is InChI=1S/C16H11Cl3N2O2S/c1-7-3-13-12(6-9(7)17)20-16(24-13)21-15(22)8-4-10(18)14(23-2)11(19)5-8/h3-6H,1-2H3,(H,20,21,22). The molecule has 0 saturated carbocycles. The van der Waals surface area contributed by atoms with E-state index in [1.165, 1.54) is 30.6 Å². The number of aromatic nitrogens is 1. The van der Waals surface area contributed by atoms with Crippen LogP contribution in [0.15, 0.2) is 24.3 Å². The number of carbonyl (C=O) groups is 1. The summed E-state index contributed by atoms with van der Waals surface area (Å²) in [6, 6.07) is 6.71. The Labute approximate surface area is 157 Å². The third-order valence-corrected chi connectivity index (χ3v) is 5.26. The minimum absolute atomic E-state index is 0.266. The molecular formula is C16H11Cl3N2O2S. The normalized spacial score (nSPS) is 10.9. The van der Waals surface area contributed by atoms with Gasteiger partial charge < -0.3 is 4.74 Å². The summed E-state index contributed by atoms with van der Waals surface area (Å²) in [7, 11) is 1.46. The molecular weight excluding hydrogens is 391 g/mol. The van der Waals surface area contributed by atoms with Gasteiger partial charge in [0.1, 0.15) is 0 Å². The topological polar surface area (TPSA) is 51.2 Å². The third kappa shape index (κ3) is 3.30. The van der Waals surface area contributed by atoms with Crippen LogP contribution in [-0.2, 0) is 0 Å². The molecule has 1 heterocycles. The monoisotopic (exact) mass is 400 g/mol. The fraction of sp³-hybridized carbons (Fsp3) is 0.125. The Morgan fingerprint density at radius 3 is 2.42 bits per heavy atom. The summed E-state index contributed by atoms with van der Waals surface area (Å²) in [5, 5.41) is 4.39. The lowest BCUT2D eigenvalue weighted by atomic mass is 10.2. The maximum absolute atomic E-state index is 12.4. The van der Waals surface area contributed by atoms with E-state index in [9.17, 15) is 4.79 Å². The molecule has 0 fully saturated rings. The zero-order valence-electron chi connectivity index (χ0n) is 12.6. The van der Waals surface area contributed by atoms with E-state index in [1.54, 1.807) is 6.07 Å². The highest BCUT2D eigenvalue weighted by Crippen LogP contribution is 2.35. The summed E-state index contributed by atoms with van der Waals surface area (Å²) in [6.07, 6.45) is 0. The fourth-order valence-corrected chi connectivity index (χ4v) is 3.90. The number of rotatable bonds is 3. The second-order valence-electron chi connectivity index (χ2n) is 5.02. The lowest BCUT2D eigenvalue weighted by Gasteiger charge is -2.08. The average Bonchev–Trinajstić information content (AvgIpc) is 2.88. The molecule has 1 amide bonds. The van der Waals surface area contributed by atoms with E-state index in [-0.39, 0.29) is 16.0 Å². The summed E-state index contributed by atoms with van der Waals surface area (Å²) in [5.41, 5.74) is 2.01. The number of hydrogen-bond donors (Lipinski definition) is 1. The van der Waals surface area contributed by atoms with Crippen molar-refractivity contribution in [1.29, 1.82) is 0 Å². The van der Waals surface area contributed by atoms with E-state index in [4.69, 9.17) is 39.5 Å². The summed E-state index contributed by atoms with van der Waals surface area (Å²) in [6.45, 7) is 1.92. The minimum atomic E-state index is -0.358. The Kier molecular flexibility index (Phi) is 4.88. The maximum atomic E-state index is 12.4. The first-order valence-corrected chi connectivity index (χ1v) is 8.75. The molecule has 0 bridgehead atoms. The average molecular weight is 402 g/mol. The zero-order valence-corrected chi connectivity index (χ0v) is 15.7. The molecule has 1 N–H and O–H groups in total. The van der Waals surface area contributed by atoms with Crippen LogP contribution < -0.4 is 10.1 Å². The van der Waals surface area contributed by atoms with E-state index in [0.29, 0.717) is 21.5 Å². The zero-order chi connectivity index (χ0) is 17.4. The predicted molar refractivity (Wildman–Crippen MR) is 100 cm³/mol. The first kappa shape index (κ1) is 17.3. The lowest BCUT2D eigenvalue weighted by molar-refractivity contribution is 0.102.